The van der Waals surface area contributed by atoms with Gasteiger partial charge < -0.3 is 10.2 Å². The number of hydroxylamine groups is 2. The summed E-state index contributed by atoms with van der Waals surface area (Å²) in [6.07, 6.45) is 1.57. The molecule has 35 heavy (non-hydrogen) atoms. The Morgan fingerprint density at radius 3 is 2.29 bits per heavy atom. The number of hydrogen-bond donors (Lipinski definition) is 1. The van der Waals surface area contributed by atoms with Crippen LogP contribution in [0.2, 0.25) is 5.02 Å². The Bertz CT molecular complexity index is 1480. The number of anilines is 2. The largest absolute Gasteiger partial charge is 0.377 e. The summed E-state index contributed by atoms with van der Waals surface area (Å²) in [6, 6.07) is 27.9. The number of nitrogens with one attached hydrogen (secondary N) is 1. The summed E-state index contributed by atoms with van der Waals surface area (Å²) >= 11 is 6.04. The van der Waals surface area contributed by atoms with E-state index in [9.17, 15) is 4.79 Å². The zero-order valence-corrected chi connectivity index (χ0v) is 19.5. The van der Waals surface area contributed by atoms with E-state index in [2.05, 4.69) is 20.5 Å². The van der Waals surface area contributed by atoms with Crippen LogP contribution >= 0.6 is 11.6 Å². The van der Waals surface area contributed by atoms with Crippen molar-refractivity contribution >= 4 is 39.8 Å². The van der Waals surface area contributed by atoms with Gasteiger partial charge in [0.15, 0.2) is 11.6 Å². The second-order valence-corrected chi connectivity index (χ2v) is 8.14. The molecule has 1 amide bonds. The molecular formula is C27H20ClN5O2. The number of rotatable bonds is 6. The predicted molar refractivity (Wildman–Crippen MR) is 137 cm³/mol. The molecule has 3 aromatic carbocycles. The van der Waals surface area contributed by atoms with Gasteiger partial charge in [0.25, 0.3) is 0 Å². The number of fused-ring (bicyclic) bond motifs is 1. The van der Waals surface area contributed by atoms with Crippen molar-refractivity contribution in [1.82, 2.24) is 20.2 Å². The van der Waals surface area contributed by atoms with Crippen LogP contribution in [0.1, 0.15) is 10.5 Å². The van der Waals surface area contributed by atoms with Crippen LogP contribution in [-0.4, -0.2) is 33.2 Å². The van der Waals surface area contributed by atoms with Gasteiger partial charge in [-0.05, 0) is 48.5 Å². The molecule has 0 saturated carbocycles. The number of amides is 1. The van der Waals surface area contributed by atoms with Gasteiger partial charge in [-0.15, -0.1) is 10.2 Å². The molecule has 0 fully saturated rings. The lowest BCUT2D eigenvalue weighted by molar-refractivity contribution is -0.0143. The molecule has 0 bridgehead atoms. The maximum absolute atomic E-state index is 12.4. The highest BCUT2D eigenvalue weighted by atomic mass is 35.5. The third kappa shape index (κ3) is 4.90. The van der Waals surface area contributed by atoms with Crippen LogP contribution in [0.25, 0.3) is 22.0 Å². The lowest BCUT2D eigenvalue weighted by atomic mass is 10.0. The molecule has 0 aliphatic rings. The van der Waals surface area contributed by atoms with E-state index in [-0.39, 0.29) is 5.91 Å². The Labute approximate surface area is 206 Å². The zero-order valence-electron chi connectivity index (χ0n) is 18.7. The summed E-state index contributed by atoms with van der Waals surface area (Å²) in [5, 5.41) is 16.0. The smallest absolute Gasteiger partial charge is 0.304 e. The van der Waals surface area contributed by atoms with E-state index in [1.165, 1.54) is 0 Å². The Morgan fingerprint density at radius 1 is 0.857 bits per heavy atom. The summed E-state index contributed by atoms with van der Waals surface area (Å²) in [5.74, 6) is 0.807. The molecule has 5 rings (SSSR count). The van der Waals surface area contributed by atoms with Crippen molar-refractivity contribution in [2.45, 2.75) is 0 Å². The van der Waals surface area contributed by atoms with Crippen LogP contribution < -0.4 is 10.2 Å². The summed E-state index contributed by atoms with van der Waals surface area (Å²) in [7, 11) is 1.55. The molecule has 8 heteroatoms. The number of carbonyl (C=O) groups is 1. The number of aromatic nitrogens is 3. The molecule has 0 saturated heterocycles. The molecule has 7 nitrogen and oxygen atoms in total. The van der Waals surface area contributed by atoms with Gasteiger partial charge in [-0.1, -0.05) is 54.1 Å². The van der Waals surface area contributed by atoms with Gasteiger partial charge in [0.2, 0.25) is 0 Å². The highest BCUT2D eigenvalue weighted by Gasteiger charge is 2.15. The normalized spacial score (nSPS) is 10.7. The predicted octanol–water partition coefficient (Wildman–Crippen LogP) is 6.15. The number of benzene rings is 3. The van der Waals surface area contributed by atoms with E-state index in [1.54, 1.807) is 43.6 Å². The van der Waals surface area contributed by atoms with E-state index in [0.29, 0.717) is 22.3 Å². The minimum absolute atomic E-state index is 0.306. The molecule has 0 unspecified atom stereocenters. The van der Waals surface area contributed by atoms with E-state index >= 15 is 0 Å². The average Bonchev–Trinajstić information content (AvgIpc) is 2.90. The highest BCUT2D eigenvalue weighted by Crippen LogP contribution is 2.31. The number of pyridine rings is 1. The minimum Gasteiger partial charge on any atom is -0.377 e. The van der Waals surface area contributed by atoms with Crippen LogP contribution in [0.15, 0.2) is 97.2 Å². The van der Waals surface area contributed by atoms with Crippen LogP contribution in [0.4, 0.5) is 11.5 Å². The quantitative estimate of drug-likeness (QED) is 0.293. The fraction of sp³-hybridized carbons (Fsp3) is 0.0370. The topological polar surface area (TPSA) is 80.2 Å². The molecule has 2 aromatic heterocycles. The van der Waals surface area contributed by atoms with Crippen molar-refractivity contribution in [2.24, 2.45) is 0 Å². The zero-order chi connectivity index (χ0) is 24.2. The lowest BCUT2D eigenvalue weighted by Gasteiger charge is -2.17. The number of hydrogen-bond acceptors (Lipinski definition) is 6. The van der Waals surface area contributed by atoms with E-state index in [1.807, 2.05) is 60.7 Å². The Kier molecular flexibility index (Phi) is 6.24. The third-order valence-corrected chi connectivity index (χ3v) is 5.59. The second kappa shape index (κ2) is 9.79. The van der Waals surface area contributed by atoms with Gasteiger partial charge >= 0.3 is 5.91 Å². The van der Waals surface area contributed by atoms with E-state index < -0.39 is 0 Å². The standard InChI is InChI=1S/C27H20ClN5O2/c1-33(27(34)24-8-4-5-17-29-24)35-21-15-13-20(14-16-21)30-26-23-7-3-2-6-22(23)25(31-32-26)18-9-11-19(28)12-10-18/h2-17H,1H3,(H,30,32). The van der Waals surface area contributed by atoms with Gasteiger partial charge in [-0.2, -0.15) is 5.06 Å². The Hall–Kier alpha value is -4.49. The first-order chi connectivity index (χ1) is 17.1. The van der Waals surface area contributed by atoms with Crippen LogP contribution in [-0.2, 0) is 0 Å². The minimum atomic E-state index is -0.338. The van der Waals surface area contributed by atoms with Gasteiger partial charge in [0, 0.05) is 40.3 Å². The summed E-state index contributed by atoms with van der Waals surface area (Å²) < 4.78 is 0. The SMILES string of the molecule is CN(Oc1ccc(Nc2nnc(-c3ccc(Cl)cc3)c3ccccc23)cc1)C(=O)c1ccccn1. The molecule has 172 valence electrons. The average molecular weight is 482 g/mol. The maximum Gasteiger partial charge on any atom is 0.304 e. The van der Waals surface area contributed by atoms with Crippen LogP contribution in [0.5, 0.6) is 5.75 Å². The summed E-state index contributed by atoms with van der Waals surface area (Å²) in [5.41, 5.74) is 2.83. The molecule has 0 radical (unpaired) electrons. The molecule has 1 N–H and O–H groups in total. The van der Waals surface area contributed by atoms with Gasteiger partial charge in [-0.25, -0.2) is 0 Å². The Morgan fingerprint density at radius 2 is 1.57 bits per heavy atom. The molecule has 0 aliphatic heterocycles. The van der Waals surface area contributed by atoms with Gasteiger partial charge in [0.1, 0.15) is 11.4 Å². The van der Waals surface area contributed by atoms with Crippen LogP contribution in [0.3, 0.4) is 0 Å². The first kappa shape index (κ1) is 22.3. The fourth-order valence-corrected chi connectivity index (χ4v) is 3.73. The van der Waals surface area contributed by atoms with Crippen molar-refractivity contribution in [3.8, 4) is 17.0 Å². The lowest BCUT2D eigenvalue weighted by Crippen LogP contribution is -2.30. The molecule has 2 heterocycles. The van der Waals surface area contributed by atoms with Crippen LogP contribution in [0, 0.1) is 0 Å². The summed E-state index contributed by atoms with van der Waals surface area (Å²) in [4.78, 5) is 22.1. The number of halogens is 1. The van der Waals surface area contributed by atoms with Crippen molar-refractivity contribution in [3.63, 3.8) is 0 Å². The van der Waals surface area contributed by atoms with Crippen molar-refractivity contribution < 1.29 is 9.63 Å². The highest BCUT2D eigenvalue weighted by molar-refractivity contribution is 6.30. The molecule has 0 atom stereocenters. The van der Waals surface area contributed by atoms with Gasteiger partial charge in [-0.3, -0.25) is 9.78 Å². The molecule has 0 aliphatic carbocycles. The number of nitrogens with zero attached hydrogens (tertiary/aromatic N) is 4. The van der Waals surface area contributed by atoms with Crippen molar-refractivity contribution in [3.05, 3.63) is 108 Å². The first-order valence-electron chi connectivity index (χ1n) is 10.8. The summed E-state index contributed by atoms with van der Waals surface area (Å²) in [6.45, 7) is 0. The fourth-order valence-electron chi connectivity index (χ4n) is 3.60. The monoisotopic (exact) mass is 481 g/mol. The second-order valence-electron chi connectivity index (χ2n) is 7.71. The first-order valence-corrected chi connectivity index (χ1v) is 11.2. The molecule has 5 aromatic rings. The van der Waals surface area contributed by atoms with Crippen molar-refractivity contribution in [2.75, 3.05) is 12.4 Å². The van der Waals surface area contributed by atoms with Gasteiger partial charge in [0.05, 0.1) is 0 Å². The Balaban J connectivity index is 1.35. The third-order valence-electron chi connectivity index (χ3n) is 5.33. The van der Waals surface area contributed by atoms with Crippen molar-refractivity contribution in [1.29, 1.82) is 0 Å². The molecular weight excluding hydrogens is 462 g/mol. The van der Waals surface area contributed by atoms with E-state index in [4.69, 9.17) is 16.4 Å². The molecule has 0 spiro atoms. The number of carbonyl (C=O) groups excluding carboxylic acids is 1. The van der Waals surface area contributed by atoms with E-state index in [0.717, 1.165) is 32.8 Å². The maximum atomic E-state index is 12.4.